The van der Waals surface area contributed by atoms with E-state index in [0.29, 0.717) is 17.6 Å². The molecule has 0 unspecified atom stereocenters. The topological polar surface area (TPSA) is 48.0 Å². The van der Waals surface area contributed by atoms with Crippen molar-refractivity contribution >= 4 is 27.5 Å². The Morgan fingerprint density at radius 3 is 1.54 bits per heavy atom. The molecule has 0 aliphatic carbocycles. The molecule has 5 aromatic carbocycles. The molecule has 0 bridgehead atoms. The molecule has 4 heterocycles. The highest BCUT2D eigenvalue weighted by molar-refractivity contribution is 6.17. The van der Waals surface area contributed by atoms with E-state index in [0.717, 1.165) is 55.3 Å². The van der Waals surface area contributed by atoms with E-state index in [1.165, 1.54) is 5.56 Å². The third kappa shape index (κ3) is 4.21. The molecule has 0 saturated heterocycles. The predicted octanol–water partition coefficient (Wildman–Crippen LogP) is 9.89. The molecule has 9 rings (SSSR count). The van der Waals surface area contributed by atoms with E-state index in [4.69, 9.17) is 15.0 Å². The molecule has 46 heavy (non-hydrogen) atoms. The van der Waals surface area contributed by atoms with Crippen LogP contribution < -0.4 is 0 Å². The van der Waals surface area contributed by atoms with Gasteiger partial charge in [-0.25, -0.2) is 4.98 Å². The predicted molar refractivity (Wildman–Crippen MR) is 187 cm³/mol. The molecule has 216 valence electrons. The van der Waals surface area contributed by atoms with E-state index < -0.39 is 0 Å². The van der Waals surface area contributed by atoms with Crippen molar-refractivity contribution in [1.29, 1.82) is 0 Å². The van der Waals surface area contributed by atoms with Crippen molar-refractivity contribution in [2.75, 3.05) is 0 Å². The summed E-state index contributed by atoms with van der Waals surface area (Å²) in [5, 5.41) is 1.13. The van der Waals surface area contributed by atoms with Gasteiger partial charge in [0, 0.05) is 28.3 Å². The number of hydrogen-bond acceptors (Lipinski definition) is 3. The minimum absolute atomic E-state index is 0.577. The van der Waals surface area contributed by atoms with Crippen LogP contribution in [0.1, 0.15) is 0 Å². The number of hydrogen-bond donors (Lipinski definition) is 0. The van der Waals surface area contributed by atoms with E-state index in [9.17, 15) is 0 Å². The third-order valence-corrected chi connectivity index (χ3v) is 8.59. The van der Waals surface area contributed by atoms with Gasteiger partial charge in [-0.05, 0) is 41.0 Å². The molecule has 0 N–H and O–H groups in total. The van der Waals surface area contributed by atoms with Gasteiger partial charge in [0.05, 0.1) is 22.1 Å². The van der Waals surface area contributed by atoms with Crippen molar-refractivity contribution < 1.29 is 0 Å². The summed E-state index contributed by atoms with van der Waals surface area (Å²) < 4.78 is 4.54. The molecule has 0 radical (unpaired) electrons. The molecular formula is C41H27N5. The van der Waals surface area contributed by atoms with Gasteiger partial charge in [-0.15, -0.1) is 0 Å². The summed E-state index contributed by atoms with van der Waals surface area (Å²) in [6.45, 7) is 0. The quantitative estimate of drug-likeness (QED) is 0.201. The van der Waals surface area contributed by atoms with Gasteiger partial charge in [0.1, 0.15) is 0 Å². The van der Waals surface area contributed by atoms with Crippen molar-refractivity contribution in [2.24, 2.45) is 0 Å². The van der Waals surface area contributed by atoms with Crippen LogP contribution in [0.15, 0.2) is 164 Å². The lowest BCUT2D eigenvalue weighted by Crippen LogP contribution is -2.06. The Kier molecular flexibility index (Phi) is 6.06. The van der Waals surface area contributed by atoms with Crippen LogP contribution in [-0.4, -0.2) is 23.9 Å². The van der Waals surface area contributed by atoms with E-state index in [2.05, 4.69) is 112 Å². The van der Waals surface area contributed by atoms with Gasteiger partial charge < -0.3 is 4.40 Å². The maximum absolute atomic E-state index is 5.19. The first-order valence-electron chi connectivity index (χ1n) is 15.4. The Hall–Kier alpha value is -6.33. The van der Waals surface area contributed by atoms with Crippen LogP contribution in [0.25, 0.3) is 78.4 Å². The molecule has 5 heteroatoms. The summed E-state index contributed by atoms with van der Waals surface area (Å²) in [4.78, 5) is 15.4. The molecule has 0 aliphatic heterocycles. The maximum atomic E-state index is 5.19. The monoisotopic (exact) mass is 589 g/mol. The van der Waals surface area contributed by atoms with Crippen molar-refractivity contribution in [1.82, 2.24) is 23.9 Å². The Balaban J connectivity index is 1.45. The fraction of sp³-hybridized carbons (Fsp3) is 0. The SMILES string of the molecule is c1ccc(-c2ccc3c(c2)c2c(c(-c4ccccc4)c4ccccn42)n3-c2nc(-c3ccccc3)nc(-c3ccccc3)n2)cc1. The average Bonchev–Trinajstić information content (AvgIpc) is 3.65. The largest absolute Gasteiger partial charge is 0.314 e. The first-order valence-corrected chi connectivity index (χ1v) is 15.4. The lowest BCUT2D eigenvalue weighted by atomic mass is 10.0. The first kappa shape index (κ1) is 26.1. The molecule has 0 fully saturated rings. The van der Waals surface area contributed by atoms with Crippen LogP contribution in [-0.2, 0) is 0 Å². The van der Waals surface area contributed by atoms with Crippen LogP contribution in [0.2, 0.25) is 0 Å². The van der Waals surface area contributed by atoms with Crippen molar-refractivity contribution in [2.45, 2.75) is 0 Å². The van der Waals surface area contributed by atoms with Crippen molar-refractivity contribution in [3.8, 4) is 51.0 Å². The van der Waals surface area contributed by atoms with Gasteiger partial charge in [-0.3, -0.25) is 4.57 Å². The number of nitrogens with zero attached hydrogens (tertiary/aromatic N) is 5. The summed E-state index contributed by atoms with van der Waals surface area (Å²) in [7, 11) is 0. The minimum Gasteiger partial charge on any atom is -0.314 e. The van der Waals surface area contributed by atoms with E-state index >= 15 is 0 Å². The molecule has 0 aliphatic rings. The van der Waals surface area contributed by atoms with Crippen LogP contribution in [0.3, 0.4) is 0 Å². The van der Waals surface area contributed by atoms with Crippen LogP contribution >= 0.6 is 0 Å². The van der Waals surface area contributed by atoms with Gasteiger partial charge in [-0.2, -0.15) is 9.97 Å². The molecule has 0 saturated carbocycles. The second kappa shape index (κ2) is 10.7. The minimum atomic E-state index is 0.577. The normalized spacial score (nSPS) is 11.5. The highest BCUT2D eigenvalue weighted by Gasteiger charge is 2.25. The summed E-state index contributed by atoms with van der Waals surface area (Å²) >= 11 is 0. The zero-order valence-corrected chi connectivity index (χ0v) is 24.8. The Morgan fingerprint density at radius 2 is 0.935 bits per heavy atom. The van der Waals surface area contributed by atoms with Gasteiger partial charge in [-0.1, -0.05) is 133 Å². The fourth-order valence-electron chi connectivity index (χ4n) is 6.52. The Morgan fingerprint density at radius 1 is 0.391 bits per heavy atom. The average molecular weight is 590 g/mol. The van der Waals surface area contributed by atoms with E-state index in [1.807, 2.05) is 60.7 Å². The second-order valence-electron chi connectivity index (χ2n) is 11.3. The Labute approximate surface area is 265 Å². The number of rotatable bonds is 5. The van der Waals surface area contributed by atoms with Gasteiger partial charge in [0.15, 0.2) is 11.6 Å². The molecule has 9 aromatic rings. The van der Waals surface area contributed by atoms with E-state index in [1.54, 1.807) is 0 Å². The maximum Gasteiger partial charge on any atom is 0.238 e. The third-order valence-electron chi connectivity index (χ3n) is 8.59. The summed E-state index contributed by atoms with van der Waals surface area (Å²) in [6, 6.07) is 54.5. The van der Waals surface area contributed by atoms with Crippen molar-refractivity contribution in [3.05, 3.63) is 164 Å². The summed E-state index contributed by atoms with van der Waals surface area (Å²) in [6.07, 6.45) is 2.15. The summed E-state index contributed by atoms with van der Waals surface area (Å²) in [5.41, 5.74) is 10.8. The van der Waals surface area contributed by atoms with Crippen LogP contribution in [0.4, 0.5) is 0 Å². The van der Waals surface area contributed by atoms with Gasteiger partial charge in [0.2, 0.25) is 5.95 Å². The lowest BCUT2D eigenvalue weighted by molar-refractivity contribution is 0.954. The fourth-order valence-corrected chi connectivity index (χ4v) is 6.52. The second-order valence-corrected chi connectivity index (χ2v) is 11.3. The van der Waals surface area contributed by atoms with Gasteiger partial charge >= 0.3 is 0 Å². The molecule has 0 atom stereocenters. The van der Waals surface area contributed by atoms with Crippen LogP contribution in [0, 0.1) is 0 Å². The van der Waals surface area contributed by atoms with Gasteiger partial charge in [0.25, 0.3) is 0 Å². The van der Waals surface area contributed by atoms with Crippen molar-refractivity contribution in [3.63, 3.8) is 0 Å². The molecule has 0 amide bonds. The smallest absolute Gasteiger partial charge is 0.238 e. The lowest BCUT2D eigenvalue weighted by Gasteiger charge is -2.12. The number of aromatic nitrogens is 5. The van der Waals surface area contributed by atoms with Crippen LogP contribution in [0.5, 0.6) is 0 Å². The van der Waals surface area contributed by atoms with E-state index in [-0.39, 0.29) is 0 Å². The number of benzene rings is 5. The number of fused-ring (bicyclic) bond motifs is 5. The molecule has 0 spiro atoms. The molecule has 4 aromatic heterocycles. The highest BCUT2D eigenvalue weighted by atomic mass is 15.2. The molecule has 5 nitrogen and oxygen atoms in total. The zero-order valence-electron chi connectivity index (χ0n) is 24.8. The highest BCUT2D eigenvalue weighted by Crippen LogP contribution is 2.43. The zero-order chi connectivity index (χ0) is 30.5. The first-order chi connectivity index (χ1) is 22.8. The standard InChI is InChI=1S/C41H27N5/c1-5-15-28(16-6-1)32-24-25-34-33(27-32)37-38(36(29-17-7-2-8-18-29)35-23-13-14-26-45(35)37)46(34)41-43-39(30-19-9-3-10-20-30)42-40(44-41)31-21-11-4-12-22-31/h1-27H. The number of pyridine rings is 1. The molecular weight excluding hydrogens is 562 g/mol. The summed E-state index contributed by atoms with van der Waals surface area (Å²) in [5.74, 6) is 1.84. The Bertz CT molecular complexity index is 2440.